The van der Waals surface area contributed by atoms with Gasteiger partial charge in [0.15, 0.2) is 0 Å². The smallest absolute Gasteiger partial charge is 0.0107 e. The van der Waals surface area contributed by atoms with E-state index in [1.54, 1.807) is 11.1 Å². The maximum Gasteiger partial charge on any atom is 0.0107 e. The first-order valence-electron chi connectivity index (χ1n) is 4.47. The fourth-order valence-corrected chi connectivity index (χ4v) is 2.78. The lowest BCUT2D eigenvalue weighted by molar-refractivity contribution is 0.906. The van der Waals surface area contributed by atoms with E-state index in [2.05, 4.69) is 25.3 Å². The molecule has 0 saturated carbocycles. The van der Waals surface area contributed by atoms with Crippen LogP contribution in [0.1, 0.15) is 23.1 Å². The van der Waals surface area contributed by atoms with Gasteiger partial charge in [0.2, 0.25) is 0 Å². The van der Waals surface area contributed by atoms with Crippen molar-refractivity contribution in [3.05, 3.63) is 28.8 Å². The summed E-state index contributed by atoms with van der Waals surface area (Å²) < 4.78 is 0. The molecule has 0 nitrogen and oxygen atoms in total. The Morgan fingerprint density at radius 2 is 2.08 bits per heavy atom. The Balaban J connectivity index is 2.55. The Morgan fingerprint density at radius 1 is 1.25 bits per heavy atom. The van der Waals surface area contributed by atoms with Gasteiger partial charge in [-0.25, -0.2) is 0 Å². The highest BCUT2D eigenvalue weighted by molar-refractivity contribution is 7.98. The van der Waals surface area contributed by atoms with Crippen molar-refractivity contribution in [2.24, 2.45) is 0 Å². The Hall–Kier alpha value is -0.430. The van der Waals surface area contributed by atoms with Gasteiger partial charge in [-0.2, -0.15) is 0 Å². The Morgan fingerprint density at radius 3 is 2.83 bits per heavy atom. The van der Waals surface area contributed by atoms with Crippen LogP contribution in [0.15, 0.2) is 17.0 Å². The highest BCUT2D eigenvalue weighted by atomic mass is 32.2. The molecule has 0 N–H and O–H groups in total. The van der Waals surface area contributed by atoms with Gasteiger partial charge >= 0.3 is 0 Å². The predicted molar refractivity (Wildman–Crippen MR) is 55.0 cm³/mol. The summed E-state index contributed by atoms with van der Waals surface area (Å²) in [6.07, 6.45) is 6.12. The summed E-state index contributed by atoms with van der Waals surface area (Å²) in [6.45, 7) is 2.19. The number of hydrogen-bond donors (Lipinski definition) is 0. The molecule has 1 aliphatic carbocycles. The zero-order valence-electron chi connectivity index (χ0n) is 7.68. The molecule has 0 unspecified atom stereocenters. The van der Waals surface area contributed by atoms with E-state index in [0.717, 1.165) is 0 Å². The van der Waals surface area contributed by atoms with Gasteiger partial charge in [-0.15, -0.1) is 11.8 Å². The molecule has 0 bridgehead atoms. The lowest BCUT2D eigenvalue weighted by Crippen LogP contribution is -1.87. The molecular weight excluding hydrogens is 164 g/mol. The molecule has 64 valence electrons. The topological polar surface area (TPSA) is 0 Å². The summed E-state index contributed by atoms with van der Waals surface area (Å²) >= 11 is 1.89. The molecule has 12 heavy (non-hydrogen) atoms. The normalized spacial score (nSPS) is 14.8. The minimum absolute atomic E-state index is 1.30. The van der Waals surface area contributed by atoms with Crippen molar-refractivity contribution < 1.29 is 0 Å². The summed E-state index contributed by atoms with van der Waals surface area (Å²) in [6, 6.07) is 4.66. The molecule has 0 radical (unpaired) electrons. The van der Waals surface area contributed by atoms with Crippen LogP contribution in [0, 0.1) is 6.92 Å². The number of thioether (sulfide) groups is 1. The predicted octanol–water partition coefficient (Wildman–Crippen LogP) is 3.21. The van der Waals surface area contributed by atoms with Crippen LogP contribution in [0.5, 0.6) is 0 Å². The zero-order chi connectivity index (χ0) is 8.55. The average molecular weight is 178 g/mol. The fourth-order valence-electron chi connectivity index (χ4n) is 2.00. The molecule has 0 aromatic heterocycles. The van der Waals surface area contributed by atoms with Crippen LogP contribution in [0.4, 0.5) is 0 Å². The molecule has 2 rings (SSSR count). The van der Waals surface area contributed by atoms with E-state index in [9.17, 15) is 0 Å². The molecule has 0 fully saturated rings. The third-order valence-electron chi connectivity index (χ3n) is 2.54. The highest BCUT2D eigenvalue weighted by Crippen LogP contribution is 2.31. The van der Waals surface area contributed by atoms with Gasteiger partial charge in [0.05, 0.1) is 0 Å². The molecule has 1 aromatic carbocycles. The Kier molecular flexibility index (Phi) is 2.14. The van der Waals surface area contributed by atoms with Crippen molar-refractivity contribution >= 4 is 11.8 Å². The molecule has 1 aromatic rings. The molecule has 0 amide bonds. The van der Waals surface area contributed by atoms with E-state index in [1.807, 2.05) is 11.8 Å². The number of fused-ring (bicyclic) bond motifs is 1. The van der Waals surface area contributed by atoms with Gasteiger partial charge < -0.3 is 0 Å². The monoisotopic (exact) mass is 178 g/mol. The maximum atomic E-state index is 2.35. The second-order valence-corrected chi connectivity index (χ2v) is 4.31. The molecule has 0 saturated heterocycles. The van der Waals surface area contributed by atoms with Crippen LogP contribution in [-0.2, 0) is 12.8 Å². The van der Waals surface area contributed by atoms with Crippen LogP contribution in [0.3, 0.4) is 0 Å². The largest absolute Gasteiger partial charge is 0.129 e. The fraction of sp³-hybridized carbons (Fsp3) is 0.455. The van der Waals surface area contributed by atoms with E-state index in [1.165, 1.54) is 29.7 Å². The Bertz CT molecular complexity index is 302. The SMILES string of the molecule is CSc1cc(C)cc2c1CCC2. The van der Waals surface area contributed by atoms with Crippen LogP contribution >= 0.6 is 11.8 Å². The first-order valence-corrected chi connectivity index (χ1v) is 5.70. The maximum absolute atomic E-state index is 2.35. The van der Waals surface area contributed by atoms with E-state index >= 15 is 0 Å². The van der Waals surface area contributed by atoms with Crippen LogP contribution < -0.4 is 0 Å². The Labute approximate surface area is 78.4 Å². The number of hydrogen-bond acceptors (Lipinski definition) is 1. The average Bonchev–Trinajstić information content (AvgIpc) is 2.50. The van der Waals surface area contributed by atoms with Crippen molar-refractivity contribution in [2.75, 3.05) is 6.26 Å². The number of aryl methyl sites for hydroxylation is 2. The van der Waals surface area contributed by atoms with Crippen molar-refractivity contribution in [3.63, 3.8) is 0 Å². The summed E-state index contributed by atoms with van der Waals surface area (Å²) in [5, 5.41) is 0. The second-order valence-electron chi connectivity index (χ2n) is 3.46. The van der Waals surface area contributed by atoms with Gasteiger partial charge in [0.1, 0.15) is 0 Å². The molecule has 1 heteroatoms. The summed E-state index contributed by atoms with van der Waals surface area (Å²) in [4.78, 5) is 1.50. The second kappa shape index (κ2) is 3.14. The van der Waals surface area contributed by atoms with Crippen molar-refractivity contribution in [2.45, 2.75) is 31.1 Å². The van der Waals surface area contributed by atoms with Crippen molar-refractivity contribution in [1.29, 1.82) is 0 Å². The number of rotatable bonds is 1. The van der Waals surface area contributed by atoms with Gasteiger partial charge in [-0.1, -0.05) is 6.07 Å². The number of benzene rings is 1. The van der Waals surface area contributed by atoms with Gasteiger partial charge in [0.25, 0.3) is 0 Å². The first-order chi connectivity index (χ1) is 5.81. The lowest BCUT2D eigenvalue weighted by atomic mass is 10.1. The summed E-state index contributed by atoms with van der Waals surface area (Å²) in [5.41, 5.74) is 4.63. The van der Waals surface area contributed by atoms with E-state index < -0.39 is 0 Å². The highest BCUT2D eigenvalue weighted by Gasteiger charge is 2.14. The molecule has 1 aliphatic rings. The lowest BCUT2D eigenvalue weighted by Gasteiger charge is -2.06. The van der Waals surface area contributed by atoms with Gasteiger partial charge in [-0.3, -0.25) is 0 Å². The molecule has 0 heterocycles. The van der Waals surface area contributed by atoms with E-state index in [-0.39, 0.29) is 0 Å². The van der Waals surface area contributed by atoms with Crippen LogP contribution in [-0.4, -0.2) is 6.26 Å². The third-order valence-corrected chi connectivity index (χ3v) is 3.34. The van der Waals surface area contributed by atoms with E-state index in [0.29, 0.717) is 0 Å². The third kappa shape index (κ3) is 1.27. The summed E-state index contributed by atoms with van der Waals surface area (Å²) in [7, 11) is 0. The molecule has 0 spiro atoms. The molecule has 0 aliphatic heterocycles. The van der Waals surface area contributed by atoms with Crippen molar-refractivity contribution in [1.82, 2.24) is 0 Å². The molecular formula is C11H14S. The van der Waals surface area contributed by atoms with Gasteiger partial charge in [-0.05, 0) is 55.2 Å². The van der Waals surface area contributed by atoms with Gasteiger partial charge in [0, 0.05) is 4.90 Å². The minimum atomic E-state index is 1.30. The first kappa shape index (κ1) is 8.18. The zero-order valence-corrected chi connectivity index (χ0v) is 8.50. The minimum Gasteiger partial charge on any atom is -0.129 e. The van der Waals surface area contributed by atoms with Crippen LogP contribution in [0.2, 0.25) is 0 Å². The molecule has 0 atom stereocenters. The quantitative estimate of drug-likeness (QED) is 0.595. The van der Waals surface area contributed by atoms with E-state index in [4.69, 9.17) is 0 Å². The summed E-state index contributed by atoms with van der Waals surface area (Å²) in [5.74, 6) is 0. The van der Waals surface area contributed by atoms with Crippen LogP contribution in [0.25, 0.3) is 0 Å². The standard InChI is InChI=1S/C11H14S/c1-8-6-9-4-3-5-10(9)11(7-8)12-2/h6-7H,3-5H2,1-2H3. The van der Waals surface area contributed by atoms with Crippen molar-refractivity contribution in [3.8, 4) is 0 Å².